The Hall–Kier alpha value is -4.54. The molecule has 0 atom stereocenters. The zero-order valence-electron chi connectivity index (χ0n) is 21.2. The predicted molar refractivity (Wildman–Crippen MR) is 144 cm³/mol. The summed E-state index contributed by atoms with van der Waals surface area (Å²) in [5.74, 6) is 0.392. The molecule has 2 N–H and O–H groups in total. The SMILES string of the molecule is COCCOCCn1cc(NC(=O)c2ncccc2-c2cc3ccc(OC)cc3[nH]2)c(-c2ccccn2)n1. The minimum atomic E-state index is -0.357. The Labute approximate surface area is 219 Å². The molecule has 4 aromatic heterocycles. The Balaban J connectivity index is 1.42. The van der Waals surface area contributed by atoms with Crippen molar-refractivity contribution in [2.75, 3.05) is 39.4 Å². The van der Waals surface area contributed by atoms with Crippen LogP contribution in [0.1, 0.15) is 10.5 Å². The van der Waals surface area contributed by atoms with Gasteiger partial charge in [-0.05, 0) is 42.5 Å². The first-order chi connectivity index (χ1) is 18.7. The van der Waals surface area contributed by atoms with Gasteiger partial charge in [0.25, 0.3) is 5.91 Å². The summed E-state index contributed by atoms with van der Waals surface area (Å²) in [4.78, 5) is 25.8. The normalized spacial score (nSPS) is 11.1. The number of pyridine rings is 2. The molecule has 5 rings (SSSR count). The Morgan fingerprint density at radius 3 is 2.71 bits per heavy atom. The molecule has 0 aliphatic carbocycles. The largest absolute Gasteiger partial charge is 0.497 e. The summed E-state index contributed by atoms with van der Waals surface area (Å²) in [5, 5.41) is 8.66. The van der Waals surface area contributed by atoms with Crippen LogP contribution in [0.25, 0.3) is 33.5 Å². The Kier molecular flexibility index (Phi) is 7.72. The van der Waals surface area contributed by atoms with Crippen molar-refractivity contribution in [2.45, 2.75) is 6.54 Å². The molecule has 0 aliphatic heterocycles. The number of nitrogens with zero attached hydrogens (tertiary/aromatic N) is 4. The number of methoxy groups -OCH3 is 2. The number of anilines is 1. The molecular formula is C28H28N6O4. The molecule has 0 unspecified atom stereocenters. The zero-order chi connectivity index (χ0) is 26.3. The number of aromatic nitrogens is 5. The van der Waals surface area contributed by atoms with Gasteiger partial charge in [0.1, 0.15) is 17.1 Å². The average Bonchev–Trinajstić information content (AvgIpc) is 3.57. The van der Waals surface area contributed by atoms with E-state index in [4.69, 9.17) is 14.2 Å². The molecule has 0 bridgehead atoms. The number of fused-ring (bicyclic) bond motifs is 1. The van der Waals surface area contributed by atoms with Gasteiger partial charge in [0.05, 0.1) is 44.9 Å². The van der Waals surface area contributed by atoms with Crippen LogP contribution in [0.3, 0.4) is 0 Å². The fourth-order valence-corrected chi connectivity index (χ4v) is 4.09. The topological polar surface area (TPSA) is 116 Å². The molecular weight excluding hydrogens is 484 g/mol. The van der Waals surface area contributed by atoms with Crippen molar-refractivity contribution in [3.63, 3.8) is 0 Å². The molecule has 0 aliphatic rings. The van der Waals surface area contributed by atoms with Crippen LogP contribution in [0.2, 0.25) is 0 Å². The number of H-pyrrole nitrogens is 1. The Bertz CT molecular complexity index is 1530. The number of aromatic amines is 1. The van der Waals surface area contributed by atoms with E-state index in [1.807, 2.05) is 48.5 Å². The summed E-state index contributed by atoms with van der Waals surface area (Å²) in [6, 6.07) is 17.0. The van der Waals surface area contributed by atoms with Crippen molar-refractivity contribution in [1.29, 1.82) is 0 Å². The molecule has 38 heavy (non-hydrogen) atoms. The van der Waals surface area contributed by atoms with E-state index in [1.165, 1.54) is 0 Å². The molecule has 5 aromatic rings. The highest BCUT2D eigenvalue weighted by Crippen LogP contribution is 2.30. The number of amides is 1. The van der Waals surface area contributed by atoms with E-state index in [1.54, 1.807) is 43.6 Å². The van der Waals surface area contributed by atoms with Gasteiger partial charge < -0.3 is 24.5 Å². The second-order valence-electron chi connectivity index (χ2n) is 8.46. The van der Waals surface area contributed by atoms with E-state index in [-0.39, 0.29) is 11.6 Å². The van der Waals surface area contributed by atoms with Gasteiger partial charge in [-0.15, -0.1) is 0 Å². The lowest BCUT2D eigenvalue weighted by atomic mass is 10.1. The van der Waals surface area contributed by atoms with Crippen molar-refractivity contribution < 1.29 is 19.0 Å². The first-order valence-electron chi connectivity index (χ1n) is 12.2. The van der Waals surface area contributed by atoms with Crippen molar-refractivity contribution in [1.82, 2.24) is 24.7 Å². The van der Waals surface area contributed by atoms with E-state index < -0.39 is 0 Å². The van der Waals surface area contributed by atoms with Gasteiger partial charge in [0, 0.05) is 53.9 Å². The number of ether oxygens (including phenoxy) is 3. The van der Waals surface area contributed by atoms with Gasteiger partial charge in [0.15, 0.2) is 0 Å². The molecule has 0 spiro atoms. The fraction of sp³-hybridized carbons (Fsp3) is 0.214. The van der Waals surface area contributed by atoms with Crippen LogP contribution in [0.4, 0.5) is 5.69 Å². The maximum Gasteiger partial charge on any atom is 0.275 e. The van der Waals surface area contributed by atoms with Crippen LogP contribution in [0.5, 0.6) is 5.75 Å². The summed E-state index contributed by atoms with van der Waals surface area (Å²) < 4.78 is 17.7. The molecule has 194 valence electrons. The standard InChI is InChI=1S/C28H28N6O4/c1-36-14-15-38-13-12-34-18-25(27(33-34)22-7-3-4-10-29-22)32-28(35)26-21(6-5-11-30-26)24-16-19-8-9-20(37-2)17-23(19)31-24/h3-11,16-18,31H,12-15H2,1-2H3,(H,32,35). The van der Waals surface area contributed by atoms with Crippen LogP contribution in [0.15, 0.2) is 73.2 Å². The van der Waals surface area contributed by atoms with Crippen molar-refractivity contribution >= 4 is 22.5 Å². The minimum absolute atomic E-state index is 0.286. The van der Waals surface area contributed by atoms with Crippen LogP contribution in [0, 0.1) is 0 Å². The second-order valence-corrected chi connectivity index (χ2v) is 8.46. The number of hydrogen-bond acceptors (Lipinski definition) is 7. The van der Waals surface area contributed by atoms with Gasteiger partial charge in [-0.3, -0.25) is 19.4 Å². The first-order valence-corrected chi connectivity index (χ1v) is 12.2. The summed E-state index contributed by atoms with van der Waals surface area (Å²) >= 11 is 0. The molecule has 0 fully saturated rings. The van der Waals surface area contributed by atoms with Gasteiger partial charge in [-0.2, -0.15) is 5.10 Å². The number of nitrogens with one attached hydrogen (secondary N) is 2. The van der Waals surface area contributed by atoms with Gasteiger partial charge in [0.2, 0.25) is 0 Å². The number of carbonyl (C=O) groups is 1. The first kappa shape index (κ1) is 25.1. The summed E-state index contributed by atoms with van der Waals surface area (Å²) in [6.45, 7) is 1.98. The van der Waals surface area contributed by atoms with Gasteiger partial charge >= 0.3 is 0 Å². The maximum atomic E-state index is 13.5. The van der Waals surface area contributed by atoms with E-state index in [9.17, 15) is 4.79 Å². The Morgan fingerprint density at radius 1 is 1.00 bits per heavy atom. The second kappa shape index (κ2) is 11.7. The van der Waals surface area contributed by atoms with E-state index in [2.05, 4.69) is 25.4 Å². The summed E-state index contributed by atoms with van der Waals surface area (Å²) in [5.41, 5.74) is 4.38. The molecule has 4 heterocycles. The monoisotopic (exact) mass is 512 g/mol. The summed E-state index contributed by atoms with van der Waals surface area (Å²) in [6.07, 6.45) is 5.07. The van der Waals surface area contributed by atoms with Crippen LogP contribution >= 0.6 is 0 Å². The molecule has 0 saturated carbocycles. The molecule has 0 radical (unpaired) electrons. The molecule has 10 nitrogen and oxygen atoms in total. The lowest BCUT2D eigenvalue weighted by molar-refractivity contribution is 0.0654. The molecule has 1 amide bonds. The van der Waals surface area contributed by atoms with Gasteiger partial charge in [-0.25, -0.2) is 0 Å². The van der Waals surface area contributed by atoms with E-state index >= 15 is 0 Å². The van der Waals surface area contributed by atoms with Crippen molar-refractivity contribution in [3.05, 3.63) is 78.9 Å². The van der Waals surface area contributed by atoms with Crippen LogP contribution in [-0.2, 0) is 16.0 Å². The van der Waals surface area contributed by atoms with Crippen LogP contribution in [-0.4, -0.2) is 64.7 Å². The molecule has 1 aromatic carbocycles. The zero-order valence-corrected chi connectivity index (χ0v) is 21.2. The smallest absolute Gasteiger partial charge is 0.275 e. The van der Waals surface area contributed by atoms with Crippen molar-refractivity contribution in [2.24, 2.45) is 0 Å². The fourth-order valence-electron chi connectivity index (χ4n) is 4.09. The average molecular weight is 513 g/mol. The number of carbonyl (C=O) groups excluding carboxylic acids is 1. The lowest BCUT2D eigenvalue weighted by Gasteiger charge is -2.08. The van der Waals surface area contributed by atoms with E-state index in [0.717, 1.165) is 22.3 Å². The maximum absolute atomic E-state index is 13.5. The highest BCUT2D eigenvalue weighted by Gasteiger charge is 2.20. The molecule has 10 heteroatoms. The van der Waals surface area contributed by atoms with Crippen molar-refractivity contribution in [3.8, 4) is 28.4 Å². The third-order valence-electron chi connectivity index (χ3n) is 5.96. The lowest BCUT2D eigenvalue weighted by Crippen LogP contribution is -2.15. The van der Waals surface area contributed by atoms with Gasteiger partial charge in [-0.1, -0.05) is 6.07 Å². The minimum Gasteiger partial charge on any atom is -0.497 e. The van der Waals surface area contributed by atoms with Crippen LogP contribution < -0.4 is 10.1 Å². The quantitative estimate of drug-likeness (QED) is 0.252. The van der Waals surface area contributed by atoms with E-state index in [0.29, 0.717) is 49.0 Å². The highest BCUT2D eigenvalue weighted by atomic mass is 16.5. The number of benzene rings is 1. The highest BCUT2D eigenvalue weighted by molar-refractivity contribution is 6.08. The number of hydrogen-bond donors (Lipinski definition) is 2. The predicted octanol–water partition coefficient (Wildman–Crippen LogP) is 4.41. The number of rotatable bonds is 11. The third kappa shape index (κ3) is 5.56. The third-order valence-corrected chi connectivity index (χ3v) is 5.96. The summed E-state index contributed by atoms with van der Waals surface area (Å²) in [7, 11) is 3.26. The molecule has 0 saturated heterocycles. The Morgan fingerprint density at radius 2 is 1.89 bits per heavy atom.